The Morgan fingerprint density at radius 1 is 1.20 bits per heavy atom. The number of rotatable bonds is 7. The summed E-state index contributed by atoms with van der Waals surface area (Å²) in [6.45, 7) is 1.68. The smallest absolute Gasteiger partial charge is 0.409 e. The molecular weight excluding hydrogens is 408 g/mol. The van der Waals surface area contributed by atoms with Crippen LogP contribution in [0, 0.1) is 0 Å². The van der Waals surface area contributed by atoms with Gasteiger partial charge in [0.1, 0.15) is 5.84 Å². The molecule has 1 fully saturated rings. The van der Waals surface area contributed by atoms with E-state index < -0.39 is 10.0 Å². The predicted octanol–water partition coefficient (Wildman–Crippen LogP) is 1.63. The Bertz CT molecular complexity index is 908. The van der Waals surface area contributed by atoms with Gasteiger partial charge < -0.3 is 15.0 Å². The minimum atomic E-state index is -3.50. The number of carbonyl (C=O) groups is 2. The number of aliphatic imine (C=N–C) groups is 1. The van der Waals surface area contributed by atoms with E-state index in [2.05, 4.69) is 15.0 Å². The van der Waals surface area contributed by atoms with Crippen LogP contribution < -0.4 is 10.0 Å². The van der Waals surface area contributed by atoms with E-state index in [1.807, 2.05) is 0 Å². The first-order valence-electron chi connectivity index (χ1n) is 10.2. The molecule has 3 rings (SSSR count). The van der Waals surface area contributed by atoms with Crippen LogP contribution in [0.3, 0.4) is 0 Å². The number of hydrogen-bond acceptors (Lipinski definition) is 6. The number of piperidine rings is 1. The third kappa shape index (κ3) is 5.50. The Kier molecular flexibility index (Phi) is 7.30. The molecule has 1 aromatic carbocycles. The molecule has 1 saturated heterocycles. The first kappa shape index (κ1) is 22.1. The lowest BCUT2D eigenvalue weighted by atomic mass is 10.0. The molecule has 1 aromatic rings. The van der Waals surface area contributed by atoms with Crippen LogP contribution in [-0.4, -0.2) is 63.9 Å². The summed E-state index contributed by atoms with van der Waals surface area (Å²) >= 11 is 0. The van der Waals surface area contributed by atoms with Crippen LogP contribution in [0.2, 0.25) is 0 Å². The zero-order valence-electron chi connectivity index (χ0n) is 17.1. The van der Waals surface area contributed by atoms with E-state index in [1.54, 1.807) is 29.2 Å². The van der Waals surface area contributed by atoms with Crippen molar-refractivity contribution >= 4 is 27.9 Å². The summed E-state index contributed by atoms with van der Waals surface area (Å²) in [5.41, 5.74) is 0.607. The summed E-state index contributed by atoms with van der Waals surface area (Å²) in [4.78, 5) is 29.9. The number of nitrogens with zero attached hydrogens (tertiary/aromatic N) is 2. The lowest BCUT2D eigenvalue weighted by Crippen LogP contribution is -2.46. The minimum Gasteiger partial charge on any atom is -0.453 e. The van der Waals surface area contributed by atoms with Gasteiger partial charge in [-0.3, -0.25) is 14.5 Å². The van der Waals surface area contributed by atoms with Gasteiger partial charge in [0.15, 0.2) is 0 Å². The van der Waals surface area contributed by atoms with Crippen molar-refractivity contribution in [3.8, 4) is 0 Å². The first-order chi connectivity index (χ1) is 14.4. The van der Waals surface area contributed by atoms with Crippen molar-refractivity contribution in [2.24, 2.45) is 4.99 Å². The van der Waals surface area contributed by atoms with Gasteiger partial charge in [0.05, 0.1) is 12.0 Å². The average molecular weight is 437 g/mol. The average Bonchev–Trinajstić information content (AvgIpc) is 3.01. The Hall–Kier alpha value is -2.62. The standard InChI is InChI=1S/C20H28N4O5S/c1-29-20(26)24-13-10-15(11-14-24)22-18(25)9-3-2-6-12-21-19-16-7-4-5-8-17(16)30(27,28)23-19/h4-5,7-8,15H,2-3,6,9-14H2,1H3,(H,21,23)(H,22,25). The first-order valence-corrected chi connectivity index (χ1v) is 11.7. The normalized spacial score (nSPS) is 19.2. The quantitative estimate of drug-likeness (QED) is 0.630. The van der Waals surface area contributed by atoms with Crippen LogP contribution in [0.25, 0.3) is 0 Å². The Morgan fingerprint density at radius 3 is 2.67 bits per heavy atom. The van der Waals surface area contributed by atoms with Crippen molar-refractivity contribution in [3.63, 3.8) is 0 Å². The van der Waals surface area contributed by atoms with Gasteiger partial charge in [-0.2, -0.15) is 0 Å². The highest BCUT2D eigenvalue weighted by Gasteiger charge is 2.29. The maximum atomic E-state index is 12.1. The van der Waals surface area contributed by atoms with Gasteiger partial charge in [-0.15, -0.1) is 0 Å². The van der Waals surface area contributed by atoms with Crippen LogP contribution >= 0.6 is 0 Å². The Balaban J connectivity index is 1.32. The lowest BCUT2D eigenvalue weighted by molar-refractivity contribution is -0.122. The number of likely N-dealkylation sites (tertiary alicyclic amines) is 1. The number of carbonyl (C=O) groups excluding carboxylic acids is 2. The van der Waals surface area contributed by atoms with E-state index in [1.165, 1.54) is 7.11 Å². The van der Waals surface area contributed by atoms with Crippen molar-refractivity contribution in [3.05, 3.63) is 29.8 Å². The van der Waals surface area contributed by atoms with Gasteiger partial charge in [-0.1, -0.05) is 18.6 Å². The molecule has 0 saturated carbocycles. The van der Waals surface area contributed by atoms with E-state index in [-0.39, 0.29) is 22.9 Å². The van der Waals surface area contributed by atoms with E-state index in [0.29, 0.717) is 37.5 Å². The summed E-state index contributed by atoms with van der Waals surface area (Å²) in [7, 11) is -2.13. The number of sulfonamides is 1. The minimum absolute atomic E-state index is 0.0234. The fourth-order valence-electron chi connectivity index (χ4n) is 3.65. The second-order valence-corrected chi connectivity index (χ2v) is 9.09. The number of unbranched alkanes of at least 4 members (excludes halogenated alkanes) is 2. The molecule has 0 aliphatic carbocycles. The number of amides is 2. The van der Waals surface area contributed by atoms with Crippen molar-refractivity contribution in [1.29, 1.82) is 0 Å². The molecule has 10 heteroatoms. The molecule has 0 aromatic heterocycles. The summed E-state index contributed by atoms with van der Waals surface area (Å²) < 4.78 is 31.3. The predicted molar refractivity (Wildman–Crippen MR) is 112 cm³/mol. The fraction of sp³-hybridized carbons (Fsp3) is 0.550. The zero-order chi connectivity index (χ0) is 21.6. The molecule has 0 unspecified atom stereocenters. The molecule has 2 heterocycles. The molecular formula is C20H28N4O5S. The largest absolute Gasteiger partial charge is 0.453 e. The highest BCUT2D eigenvalue weighted by molar-refractivity contribution is 7.90. The molecule has 2 N–H and O–H groups in total. The molecule has 2 aliphatic rings. The SMILES string of the molecule is COC(=O)N1CCC(NC(=O)CCCCCN=C2NS(=O)(=O)c3ccccc32)CC1. The topological polar surface area (TPSA) is 117 Å². The molecule has 2 aliphatic heterocycles. The van der Waals surface area contributed by atoms with E-state index in [4.69, 9.17) is 4.74 Å². The van der Waals surface area contributed by atoms with Crippen molar-refractivity contribution in [2.75, 3.05) is 26.7 Å². The van der Waals surface area contributed by atoms with Gasteiger partial charge in [0.25, 0.3) is 10.0 Å². The number of hydrogen-bond donors (Lipinski definition) is 2. The number of nitrogens with one attached hydrogen (secondary N) is 2. The summed E-state index contributed by atoms with van der Waals surface area (Å²) in [6, 6.07) is 6.88. The van der Waals surface area contributed by atoms with Crippen molar-refractivity contribution < 1.29 is 22.7 Å². The van der Waals surface area contributed by atoms with Gasteiger partial charge in [0.2, 0.25) is 5.91 Å². The van der Waals surface area contributed by atoms with Crippen LogP contribution in [0.1, 0.15) is 44.1 Å². The Labute approximate surface area is 176 Å². The van der Waals surface area contributed by atoms with Crippen LogP contribution in [0.5, 0.6) is 0 Å². The van der Waals surface area contributed by atoms with E-state index >= 15 is 0 Å². The van der Waals surface area contributed by atoms with Crippen LogP contribution in [-0.2, 0) is 19.6 Å². The zero-order valence-corrected chi connectivity index (χ0v) is 17.9. The number of amidine groups is 1. The summed E-state index contributed by atoms with van der Waals surface area (Å²) in [5, 5.41) is 3.03. The van der Waals surface area contributed by atoms with Gasteiger partial charge >= 0.3 is 6.09 Å². The maximum Gasteiger partial charge on any atom is 0.409 e. The highest BCUT2D eigenvalue weighted by Crippen LogP contribution is 2.22. The van der Waals surface area contributed by atoms with Crippen molar-refractivity contribution in [1.82, 2.24) is 14.9 Å². The molecule has 30 heavy (non-hydrogen) atoms. The molecule has 9 nitrogen and oxygen atoms in total. The monoisotopic (exact) mass is 436 g/mol. The summed E-state index contributed by atoms with van der Waals surface area (Å²) in [6.07, 6.45) is 3.95. The number of fused-ring (bicyclic) bond motifs is 1. The van der Waals surface area contributed by atoms with Gasteiger partial charge in [-0.05, 0) is 37.8 Å². The number of ether oxygens (including phenoxy) is 1. The van der Waals surface area contributed by atoms with Gasteiger partial charge in [-0.25, -0.2) is 13.2 Å². The van der Waals surface area contributed by atoms with Crippen LogP contribution in [0.4, 0.5) is 4.79 Å². The number of methoxy groups -OCH3 is 1. The fourth-order valence-corrected chi connectivity index (χ4v) is 4.90. The van der Waals surface area contributed by atoms with Crippen LogP contribution in [0.15, 0.2) is 34.2 Å². The molecule has 0 atom stereocenters. The second kappa shape index (κ2) is 9.92. The molecule has 2 amide bonds. The third-order valence-electron chi connectivity index (χ3n) is 5.29. The van der Waals surface area contributed by atoms with Crippen molar-refractivity contribution in [2.45, 2.75) is 49.5 Å². The number of benzene rings is 1. The third-order valence-corrected chi connectivity index (χ3v) is 6.68. The molecule has 164 valence electrons. The van der Waals surface area contributed by atoms with E-state index in [9.17, 15) is 18.0 Å². The molecule has 0 spiro atoms. The maximum absolute atomic E-state index is 12.1. The Morgan fingerprint density at radius 2 is 1.93 bits per heavy atom. The van der Waals surface area contributed by atoms with Gasteiger partial charge in [0, 0.05) is 37.7 Å². The lowest BCUT2D eigenvalue weighted by Gasteiger charge is -2.31. The molecule has 0 bridgehead atoms. The second-order valence-electron chi connectivity index (χ2n) is 7.44. The molecule has 0 radical (unpaired) electrons. The highest BCUT2D eigenvalue weighted by atomic mass is 32.2. The van der Waals surface area contributed by atoms with E-state index in [0.717, 1.165) is 32.1 Å². The summed E-state index contributed by atoms with van der Waals surface area (Å²) in [5.74, 6) is 0.414.